The van der Waals surface area contributed by atoms with E-state index >= 15 is 0 Å². The summed E-state index contributed by atoms with van der Waals surface area (Å²) < 4.78 is 5.24. The molecule has 2 aromatic rings. The van der Waals surface area contributed by atoms with Crippen molar-refractivity contribution < 1.29 is 9.21 Å². The maximum Gasteiger partial charge on any atom is 0.224 e. The lowest BCUT2D eigenvalue weighted by Crippen LogP contribution is -2.42. The summed E-state index contributed by atoms with van der Waals surface area (Å²) in [5.41, 5.74) is 1.96. The van der Waals surface area contributed by atoms with Crippen molar-refractivity contribution in [2.45, 2.75) is 12.5 Å². The van der Waals surface area contributed by atoms with Gasteiger partial charge in [-0.15, -0.1) is 0 Å². The van der Waals surface area contributed by atoms with Crippen LogP contribution in [-0.2, 0) is 11.2 Å². The number of hydrogen-bond donors (Lipinski definition) is 1. The number of rotatable bonds is 6. The van der Waals surface area contributed by atoms with Gasteiger partial charge in [0, 0.05) is 41.7 Å². The number of nitrogens with zero attached hydrogens (tertiary/aromatic N) is 1. The third kappa shape index (κ3) is 4.56. The minimum atomic E-state index is -0.0111. The summed E-state index contributed by atoms with van der Waals surface area (Å²) in [7, 11) is 0. The van der Waals surface area contributed by atoms with Gasteiger partial charge in [-0.3, -0.25) is 9.69 Å². The predicted molar refractivity (Wildman–Crippen MR) is 98.5 cm³/mol. The molecule has 128 valence electrons. The molecule has 0 unspecified atom stereocenters. The molecule has 3 rings (SSSR count). The molecule has 1 saturated heterocycles. The summed E-state index contributed by atoms with van der Waals surface area (Å²) in [4.78, 5) is 14.7. The molecule has 1 atom stereocenters. The van der Waals surface area contributed by atoms with Gasteiger partial charge in [-0.1, -0.05) is 29.8 Å². The van der Waals surface area contributed by atoms with Crippen molar-refractivity contribution in [1.82, 2.24) is 10.2 Å². The smallest absolute Gasteiger partial charge is 0.224 e. The van der Waals surface area contributed by atoms with Gasteiger partial charge >= 0.3 is 0 Å². The molecule has 1 amide bonds. The average Bonchev–Trinajstić information content (AvgIpc) is 3.12. The van der Waals surface area contributed by atoms with Crippen molar-refractivity contribution in [1.29, 1.82) is 0 Å². The van der Waals surface area contributed by atoms with Crippen LogP contribution in [-0.4, -0.2) is 41.9 Å². The Balaban J connectivity index is 1.61. The van der Waals surface area contributed by atoms with Gasteiger partial charge < -0.3 is 9.73 Å². The zero-order valence-corrected chi connectivity index (χ0v) is 15.0. The maximum absolute atomic E-state index is 12.3. The van der Waals surface area contributed by atoms with E-state index in [9.17, 15) is 4.79 Å². The van der Waals surface area contributed by atoms with Gasteiger partial charge in [-0.25, -0.2) is 0 Å². The second-order valence-corrected chi connectivity index (χ2v) is 7.43. The van der Waals surface area contributed by atoms with E-state index in [4.69, 9.17) is 16.0 Å². The van der Waals surface area contributed by atoms with E-state index in [2.05, 4.69) is 10.2 Å². The van der Waals surface area contributed by atoms with Crippen LogP contribution in [0.25, 0.3) is 0 Å². The molecule has 1 aliphatic heterocycles. The lowest BCUT2D eigenvalue weighted by molar-refractivity contribution is -0.120. The third-order valence-corrected chi connectivity index (χ3v) is 5.53. The van der Waals surface area contributed by atoms with Crippen LogP contribution in [0.4, 0.5) is 0 Å². The second kappa shape index (κ2) is 8.60. The number of halogens is 1. The Labute approximate surface area is 151 Å². The first-order valence-corrected chi connectivity index (χ1v) is 9.61. The van der Waals surface area contributed by atoms with Crippen molar-refractivity contribution in [3.63, 3.8) is 0 Å². The first kappa shape index (κ1) is 17.4. The Bertz CT molecular complexity index is 657. The Kier molecular flexibility index (Phi) is 6.24. The molecule has 0 aliphatic carbocycles. The van der Waals surface area contributed by atoms with Gasteiger partial charge in [0.1, 0.15) is 0 Å². The first-order chi connectivity index (χ1) is 11.7. The fraction of sp³-hybridized carbons (Fsp3) is 0.389. The molecule has 0 saturated carbocycles. The van der Waals surface area contributed by atoms with Crippen LogP contribution >= 0.6 is 23.4 Å². The number of hydrogen-bond acceptors (Lipinski definition) is 4. The lowest BCUT2D eigenvalue weighted by atomic mass is 10.1. The topological polar surface area (TPSA) is 45.5 Å². The van der Waals surface area contributed by atoms with Gasteiger partial charge in [0.2, 0.25) is 5.91 Å². The normalized spacial score (nSPS) is 16.7. The maximum atomic E-state index is 12.3. The summed E-state index contributed by atoms with van der Waals surface area (Å²) in [5.74, 6) is 2.24. The van der Waals surface area contributed by atoms with E-state index in [1.807, 2.05) is 42.1 Å². The van der Waals surface area contributed by atoms with Crippen molar-refractivity contribution in [2.75, 3.05) is 31.1 Å². The number of thioether (sulfide) groups is 1. The Morgan fingerprint density at radius 2 is 2.08 bits per heavy atom. The SMILES string of the molecule is O=C(Cc1ccccc1Cl)NC[C@H](c1ccoc1)N1CCSCC1. The monoisotopic (exact) mass is 364 g/mol. The molecular formula is C18H21ClN2O2S. The molecule has 0 bridgehead atoms. The summed E-state index contributed by atoms with van der Waals surface area (Å²) in [6, 6.07) is 9.59. The lowest BCUT2D eigenvalue weighted by Gasteiger charge is -2.34. The number of nitrogens with one attached hydrogen (secondary N) is 1. The minimum absolute atomic E-state index is 0.0111. The van der Waals surface area contributed by atoms with E-state index in [-0.39, 0.29) is 11.9 Å². The third-order valence-electron chi connectivity index (χ3n) is 4.22. The Hall–Kier alpha value is -1.43. The summed E-state index contributed by atoms with van der Waals surface area (Å²) in [6.45, 7) is 2.63. The molecule has 1 aromatic heterocycles. The van der Waals surface area contributed by atoms with E-state index in [1.54, 1.807) is 12.5 Å². The first-order valence-electron chi connectivity index (χ1n) is 8.08. The van der Waals surface area contributed by atoms with Gasteiger partial charge in [-0.05, 0) is 17.7 Å². The highest BCUT2D eigenvalue weighted by molar-refractivity contribution is 7.99. The van der Waals surface area contributed by atoms with Gasteiger partial charge in [-0.2, -0.15) is 11.8 Å². The highest BCUT2D eigenvalue weighted by Crippen LogP contribution is 2.24. The summed E-state index contributed by atoms with van der Waals surface area (Å²) in [6.07, 6.45) is 3.76. The van der Waals surface area contributed by atoms with Crippen LogP contribution in [0.15, 0.2) is 47.3 Å². The van der Waals surface area contributed by atoms with E-state index < -0.39 is 0 Å². The molecular weight excluding hydrogens is 344 g/mol. The quantitative estimate of drug-likeness (QED) is 0.853. The molecule has 6 heteroatoms. The summed E-state index contributed by atoms with van der Waals surface area (Å²) >= 11 is 8.11. The Morgan fingerprint density at radius 3 is 2.79 bits per heavy atom. The molecule has 4 nitrogen and oxygen atoms in total. The van der Waals surface area contributed by atoms with Crippen LogP contribution in [0.1, 0.15) is 17.2 Å². The molecule has 1 aromatic carbocycles. The van der Waals surface area contributed by atoms with Gasteiger partial charge in [0.25, 0.3) is 0 Å². The average molecular weight is 365 g/mol. The zero-order valence-electron chi connectivity index (χ0n) is 13.4. The molecule has 1 N–H and O–H groups in total. The van der Waals surface area contributed by atoms with Crippen LogP contribution < -0.4 is 5.32 Å². The Morgan fingerprint density at radius 1 is 1.29 bits per heavy atom. The predicted octanol–water partition coefficient (Wildman–Crippen LogP) is 3.38. The standard InChI is InChI=1S/C18H21ClN2O2S/c19-16-4-2-1-3-14(16)11-18(22)20-12-17(15-5-8-23-13-15)21-6-9-24-10-7-21/h1-5,8,13,17H,6-7,9-12H2,(H,20,22)/t17-/m1/s1. The molecule has 1 aliphatic rings. The minimum Gasteiger partial charge on any atom is -0.472 e. The van der Waals surface area contributed by atoms with Crippen molar-refractivity contribution >= 4 is 29.3 Å². The summed E-state index contributed by atoms with van der Waals surface area (Å²) in [5, 5.41) is 3.69. The van der Waals surface area contributed by atoms with Crippen molar-refractivity contribution in [3.05, 3.63) is 59.0 Å². The van der Waals surface area contributed by atoms with E-state index in [0.29, 0.717) is 18.0 Å². The number of carbonyl (C=O) groups excluding carboxylic acids is 1. The van der Waals surface area contributed by atoms with E-state index in [0.717, 1.165) is 35.7 Å². The van der Waals surface area contributed by atoms with Crippen LogP contribution in [0.3, 0.4) is 0 Å². The number of amides is 1. The largest absolute Gasteiger partial charge is 0.472 e. The van der Waals surface area contributed by atoms with E-state index in [1.165, 1.54) is 0 Å². The van der Waals surface area contributed by atoms with Crippen molar-refractivity contribution in [3.8, 4) is 0 Å². The number of furan rings is 1. The van der Waals surface area contributed by atoms with Gasteiger partial charge in [0.15, 0.2) is 0 Å². The fourth-order valence-electron chi connectivity index (χ4n) is 2.90. The fourth-order valence-corrected chi connectivity index (χ4v) is 4.03. The second-order valence-electron chi connectivity index (χ2n) is 5.79. The molecule has 1 fully saturated rings. The van der Waals surface area contributed by atoms with Crippen LogP contribution in [0, 0.1) is 0 Å². The number of benzene rings is 1. The number of carbonyl (C=O) groups is 1. The van der Waals surface area contributed by atoms with Crippen molar-refractivity contribution in [2.24, 2.45) is 0 Å². The molecule has 0 radical (unpaired) electrons. The highest BCUT2D eigenvalue weighted by atomic mass is 35.5. The van der Waals surface area contributed by atoms with Gasteiger partial charge in [0.05, 0.1) is 25.0 Å². The molecule has 0 spiro atoms. The molecule has 2 heterocycles. The van der Waals surface area contributed by atoms with Crippen LogP contribution in [0.5, 0.6) is 0 Å². The van der Waals surface area contributed by atoms with Crippen LogP contribution in [0.2, 0.25) is 5.02 Å². The zero-order chi connectivity index (χ0) is 16.8. The highest BCUT2D eigenvalue weighted by Gasteiger charge is 2.23. The molecule has 24 heavy (non-hydrogen) atoms.